The van der Waals surface area contributed by atoms with Gasteiger partial charge in [-0.25, -0.2) is 14.3 Å². The molecule has 9 nitrogen and oxygen atoms in total. The molecular weight excluding hydrogens is 358 g/mol. The van der Waals surface area contributed by atoms with Crippen LogP contribution in [-0.2, 0) is 13.1 Å². The van der Waals surface area contributed by atoms with Gasteiger partial charge in [0.15, 0.2) is 5.82 Å². The predicted octanol–water partition coefficient (Wildman–Crippen LogP) is 1.60. The summed E-state index contributed by atoms with van der Waals surface area (Å²) in [6.45, 7) is 3.56. The zero-order chi connectivity index (χ0) is 18.9. The van der Waals surface area contributed by atoms with Gasteiger partial charge in [0.2, 0.25) is 0 Å². The zero-order valence-electron chi connectivity index (χ0n) is 15.6. The Morgan fingerprint density at radius 1 is 1.14 bits per heavy atom. The van der Waals surface area contributed by atoms with Crippen molar-refractivity contribution in [1.82, 2.24) is 34.6 Å². The lowest BCUT2D eigenvalue weighted by atomic mass is 9.96. The fraction of sp³-hybridized carbons (Fsp3) is 0.526. The molecule has 146 valence electrons. The van der Waals surface area contributed by atoms with Crippen molar-refractivity contribution >= 4 is 0 Å². The largest absolute Gasteiger partial charge is 0.361 e. The smallest absolute Gasteiger partial charge is 0.266 e. The summed E-state index contributed by atoms with van der Waals surface area (Å²) >= 11 is 0. The maximum Gasteiger partial charge on any atom is 0.266 e. The molecule has 1 saturated carbocycles. The third-order valence-corrected chi connectivity index (χ3v) is 5.66. The average molecular weight is 381 g/mol. The molecule has 2 aliphatic rings. The van der Waals surface area contributed by atoms with E-state index in [-0.39, 0.29) is 5.56 Å². The lowest BCUT2D eigenvalue weighted by molar-refractivity contribution is 0.162. The van der Waals surface area contributed by atoms with Crippen molar-refractivity contribution < 1.29 is 4.52 Å². The molecule has 0 spiro atoms. The van der Waals surface area contributed by atoms with Crippen LogP contribution < -0.4 is 5.56 Å². The van der Waals surface area contributed by atoms with Crippen LogP contribution in [0, 0.1) is 5.92 Å². The molecule has 0 radical (unpaired) electrons. The van der Waals surface area contributed by atoms with Crippen molar-refractivity contribution in [2.75, 3.05) is 13.1 Å². The van der Waals surface area contributed by atoms with Crippen molar-refractivity contribution in [2.45, 2.75) is 44.7 Å². The molecular formula is C19H23N7O2. The van der Waals surface area contributed by atoms with Crippen LogP contribution in [0.15, 0.2) is 40.3 Å². The van der Waals surface area contributed by atoms with Gasteiger partial charge in [0.25, 0.3) is 5.56 Å². The number of aromatic nitrogens is 6. The van der Waals surface area contributed by atoms with Crippen LogP contribution in [0.4, 0.5) is 0 Å². The van der Waals surface area contributed by atoms with E-state index in [2.05, 4.69) is 25.2 Å². The molecule has 3 aromatic heterocycles. The summed E-state index contributed by atoms with van der Waals surface area (Å²) in [5, 5.41) is 12.5. The lowest BCUT2D eigenvalue weighted by Crippen LogP contribution is -2.36. The van der Waals surface area contributed by atoms with Crippen LogP contribution in [0.2, 0.25) is 0 Å². The van der Waals surface area contributed by atoms with Gasteiger partial charge in [-0.05, 0) is 50.8 Å². The van der Waals surface area contributed by atoms with Crippen molar-refractivity contribution in [1.29, 1.82) is 0 Å². The Morgan fingerprint density at radius 2 is 2.00 bits per heavy atom. The van der Waals surface area contributed by atoms with E-state index in [0.717, 1.165) is 38.2 Å². The molecule has 5 rings (SSSR count). The average Bonchev–Trinajstić information content (AvgIpc) is 3.21. The van der Waals surface area contributed by atoms with Crippen LogP contribution >= 0.6 is 0 Å². The molecule has 1 aliphatic heterocycles. The summed E-state index contributed by atoms with van der Waals surface area (Å²) in [6, 6.07) is 3.22. The summed E-state index contributed by atoms with van der Waals surface area (Å²) in [7, 11) is 0. The Hall–Kier alpha value is -2.81. The number of nitrogens with zero attached hydrogens (tertiary/aromatic N) is 7. The predicted molar refractivity (Wildman–Crippen MR) is 99.9 cm³/mol. The minimum atomic E-state index is -0.0789. The Morgan fingerprint density at radius 3 is 2.75 bits per heavy atom. The molecule has 1 saturated heterocycles. The van der Waals surface area contributed by atoms with E-state index in [4.69, 9.17) is 4.52 Å². The summed E-state index contributed by atoms with van der Waals surface area (Å²) in [4.78, 5) is 18.6. The minimum absolute atomic E-state index is 0.0789. The summed E-state index contributed by atoms with van der Waals surface area (Å²) in [5.74, 6) is 2.72. The second-order valence-corrected chi connectivity index (χ2v) is 7.76. The van der Waals surface area contributed by atoms with Gasteiger partial charge >= 0.3 is 0 Å². The lowest BCUT2D eigenvalue weighted by Gasteiger charge is -2.31. The first kappa shape index (κ1) is 17.3. The van der Waals surface area contributed by atoms with E-state index < -0.39 is 0 Å². The third-order valence-electron chi connectivity index (χ3n) is 5.66. The van der Waals surface area contributed by atoms with Gasteiger partial charge in [-0.2, -0.15) is 5.10 Å². The van der Waals surface area contributed by atoms with Crippen molar-refractivity contribution in [3.63, 3.8) is 0 Å². The maximum atomic E-state index is 12.2. The molecule has 4 heterocycles. The Balaban J connectivity index is 1.20. The van der Waals surface area contributed by atoms with E-state index in [1.165, 1.54) is 24.7 Å². The van der Waals surface area contributed by atoms with E-state index in [9.17, 15) is 4.79 Å². The SMILES string of the molecule is O=c1ccc(-n2cncn2)nn1CC1CCN(Cc2cnoc2C2CC2)CC1. The number of hydrogen-bond acceptors (Lipinski definition) is 7. The maximum absolute atomic E-state index is 12.2. The normalized spacial score (nSPS) is 18.6. The molecule has 0 aromatic carbocycles. The van der Waals surface area contributed by atoms with E-state index in [1.807, 2.05) is 6.20 Å². The molecule has 0 unspecified atom stereocenters. The molecule has 0 amide bonds. The van der Waals surface area contributed by atoms with Gasteiger partial charge in [0.05, 0.1) is 6.20 Å². The van der Waals surface area contributed by atoms with Crippen LogP contribution in [0.25, 0.3) is 5.82 Å². The van der Waals surface area contributed by atoms with Gasteiger partial charge in [0, 0.05) is 30.6 Å². The highest BCUT2D eigenvalue weighted by Gasteiger charge is 2.31. The van der Waals surface area contributed by atoms with Gasteiger partial charge in [-0.3, -0.25) is 9.69 Å². The van der Waals surface area contributed by atoms with E-state index in [0.29, 0.717) is 24.2 Å². The first-order valence-electron chi connectivity index (χ1n) is 9.85. The van der Waals surface area contributed by atoms with Gasteiger partial charge in [-0.15, -0.1) is 5.10 Å². The third kappa shape index (κ3) is 3.62. The number of piperidine rings is 1. The first-order valence-corrected chi connectivity index (χ1v) is 9.85. The van der Waals surface area contributed by atoms with Gasteiger partial charge in [-0.1, -0.05) is 5.16 Å². The molecule has 2 fully saturated rings. The van der Waals surface area contributed by atoms with Crippen molar-refractivity contribution in [2.24, 2.45) is 5.92 Å². The first-order chi connectivity index (χ1) is 13.8. The minimum Gasteiger partial charge on any atom is -0.361 e. The van der Waals surface area contributed by atoms with Crippen molar-refractivity contribution in [3.05, 3.63) is 52.7 Å². The monoisotopic (exact) mass is 381 g/mol. The van der Waals surface area contributed by atoms with E-state index >= 15 is 0 Å². The van der Waals surface area contributed by atoms with Gasteiger partial charge < -0.3 is 4.52 Å². The standard InChI is InChI=1S/C19H23N7O2/c27-18-4-3-17(26-13-20-12-21-26)23-25(18)10-14-5-7-24(8-6-14)11-16-9-22-28-19(16)15-1-2-15/h3-4,9,12-15H,1-2,5-8,10-11H2. The fourth-order valence-electron chi connectivity index (χ4n) is 3.90. The summed E-state index contributed by atoms with van der Waals surface area (Å²) < 4.78 is 8.57. The van der Waals surface area contributed by atoms with Crippen LogP contribution in [0.1, 0.15) is 42.9 Å². The number of hydrogen-bond donors (Lipinski definition) is 0. The Kier molecular flexibility index (Phi) is 4.52. The zero-order valence-corrected chi connectivity index (χ0v) is 15.6. The Bertz CT molecular complexity index is 982. The number of rotatable bonds is 6. The Labute approximate surface area is 162 Å². The summed E-state index contributed by atoms with van der Waals surface area (Å²) in [5.41, 5.74) is 1.16. The molecule has 3 aromatic rings. The van der Waals surface area contributed by atoms with Gasteiger partial charge in [0.1, 0.15) is 18.4 Å². The van der Waals surface area contributed by atoms with Crippen LogP contribution in [0.3, 0.4) is 0 Å². The van der Waals surface area contributed by atoms with Crippen LogP contribution in [0.5, 0.6) is 0 Å². The highest BCUT2D eigenvalue weighted by atomic mass is 16.5. The molecule has 0 atom stereocenters. The van der Waals surface area contributed by atoms with Crippen LogP contribution in [-0.4, -0.2) is 47.7 Å². The highest BCUT2D eigenvalue weighted by molar-refractivity contribution is 5.21. The molecule has 28 heavy (non-hydrogen) atoms. The molecule has 0 bridgehead atoms. The molecule has 9 heteroatoms. The number of likely N-dealkylation sites (tertiary alicyclic amines) is 1. The highest BCUT2D eigenvalue weighted by Crippen LogP contribution is 2.42. The second kappa shape index (κ2) is 7.31. The molecule has 0 N–H and O–H groups in total. The second-order valence-electron chi connectivity index (χ2n) is 7.76. The topological polar surface area (TPSA) is 94.9 Å². The fourth-order valence-corrected chi connectivity index (χ4v) is 3.90. The quantitative estimate of drug-likeness (QED) is 0.640. The summed E-state index contributed by atoms with van der Waals surface area (Å²) in [6.07, 6.45) is 9.45. The van der Waals surface area contributed by atoms with Crippen molar-refractivity contribution in [3.8, 4) is 5.82 Å². The van der Waals surface area contributed by atoms with E-state index in [1.54, 1.807) is 27.8 Å². The molecule has 1 aliphatic carbocycles.